The van der Waals surface area contributed by atoms with Gasteiger partial charge in [0.2, 0.25) is 0 Å². The summed E-state index contributed by atoms with van der Waals surface area (Å²) in [5.74, 6) is 0. The average molecular weight is 213 g/mol. The van der Waals surface area contributed by atoms with Crippen LogP contribution in [0, 0.1) is 0 Å². The van der Waals surface area contributed by atoms with Crippen molar-refractivity contribution in [2.75, 3.05) is 0 Å². The van der Waals surface area contributed by atoms with E-state index in [0.717, 1.165) is 5.56 Å². The molecule has 1 heterocycles. The van der Waals surface area contributed by atoms with E-state index in [-0.39, 0.29) is 0 Å². The first kappa shape index (κ1) is 10.8. The smallest absolute Gasteiger partial charge is 0.131 e. The van der Waals surface area contributed by atoms with E-state index in [1.54, 1.807) is 6.20 Å². The molecule has 0 saturated heterocycles. The predicted octanol–water partition coefficient (Wildman–Crippen LogP) is 2.73. The summed E-state index contributed by atoms with van der Waals surface area (Å²) in [6.07, 6.45) is 2.31. The van der Waals surface area contributed by atoms with E-state index in [1.165, 1.54) is 0 Å². The van der Waals surface area contributed by atoms with Gasteiger partial charge in [0, 0.05) is 6.20 Å². The number of nitrogens with zero attached hydrogens (tertiary/aromatic N) is 1. The maximum absolute atomic E-state index is 10.7. The zero-order valence-corrected chi connectivity index (χ0v) is 9.30. The van der Waals surface area contributed by atoms with Crippen LogP contribution >= 0.6 is 0 Å². The Morgan fingerprint density at radius 2 is 1.75 bits per heavy atom. The Morgan fingerprint density at radius 1 is 1.06 bits per heavy atom. The van der Waals surface area contributed by atoms with E-state index < -0.39 is 5.60 Å². The van der Waals surface area contributed by atoms with Crippen LogP contribution in [0.4, 0.5) is 0 Å². The number of benzene rings is 1. The lowest BCUT2D eigenvalue weighted by Crippen LogP contribution is -2.27. The second kappa shape index (κ2) is 4.45. The third kappa shape index (κ3) is 1.84. The molecule has 0 aliphatic rings. The van der Waals surface area contributed by atoms with Gasteiger partial charge in [-0.05, 0) is 24.1 Å². The molecule has 0 amide bonds. The zero-order valence-electron chi connectivity index (χ0n) is 9.30. The molecular weight excluding hydrogens is 198 g/mol. The number of aliphatic hydroxyl groups is 1. The number of rotatable bonds is 3. The van der Waals surface area contributed by atoms with Crippen LogP contribution < -0.4 is 0 Å². The highest BCUT2D eigenvalue weighted by Crippen LogP contribution is 2.30. The summed E-state index contributed by atoms with van der Waals surface area (Å²) < 4.78 is 0. The molecule has 0 spiro atoms. The lowest BCUT2D eigenvalue weighted by Gasteiger charge is -2.26. The maximum Gasteiger partial charge on any atom is 0.131 e. The first-order valence-corrected chi connectivity index (χ1v) is 5.47. The molecule has 0 bridgehead atoms. The fourth-order valence-corrected chi connectivity index (χ4v) is 1.85. The minimum Gasteiger partial charge on any atom is -0.379 e. The molecule has 1 aromatic heterocycles. The van der Waals surface area contributed by atoms with E-state index in [1.807, 2.05) is 55.5 Å². The van der Waals surface area contributed by atoms with Crippen LogP contribution in [-0.2, 0) is 5.60 Å². The molecule has 1 aromatic carbocycles. The van der Waals surface area contributed by atoms with Gasteiger partial charge in [0.15, 0.2) is 0 Å². The van der Waals surface area contributed by atoms with E-state index >= 15 is 0 Å². The fraction of sp³-hybridized carbons (Fsp3) is 0.214. The van der Waals surface area contributed by atoms with Crippen molar-refractivity contribution in [2.45, 2.75) is 18.9 Å². The molecule has 2 rings (SSSR count). The van der Waals surface area contributed by atoms with Crippen molar-refractivity contribution in [1.82, 2.24) is 4.98 Å². The van der Waals surface area contributed by atoms with Gasteiger partial charge >= 0.3 is 0 Å². The van der Waals surface area contributed by atoms with Crippen molar-refractivity contribution in [3.63, 3.8) is 0 Å². The second-order valence-electron chi connectivity index (χ2n) is 3.79. The number of aromatic nitrogens is 1. The Bertz CT molecular complexity index is 399. The largest absolute Gasteiger partial charge is 0.379 e. The molecule has 0 unspecified atom stereocenters. The van der Waals surface area contributed by atoms with E-state index in [4.69, 9.17) is 0 Å². The van der Waals surface area contributed by atoms with E-state index in [0.29, 0.717) is 12.1 Å². The Hall–Kier alpha value is -1.67. The monoisotopic (exact) mass is 213 g/mol. The summed E-state index contributed by atoms with van der Waals surface area (Å²) in [4.78, 5) is 4.25. The normalized spacial score (nSPS) is 14.4. The molecule has 2 nitrogen and oxygen atoms in total. The molecule has 1 N–H and O–H groups in total. The lowest BCUT2D eigenvalue weighted by molar-refractivity contribution is 0.0719. The van der Waals surface area contributed by atoms with Crippen molar-refractivity contribution >= 4 is 0 Å². The predicted molar refractivity (Wildman–Crippen MR) is 64.0 cm³/mol. The Morgan fingerprint density at radius 3 is 2.31 bits per heavy atom. The Kier molecular flexibility index (Phi) is 3.02. The topological polar surface area (TPSA) is 33.1 Å². The van der Waals surface area contributed by atoms with Crippen molar-refractivity contribution in [1.29, 1.82) is 0 Å². The number of hydrogen-bond acceptors (Lipinski definition) is 2. The molecule has 2 heteroatoms. The zero-order chi connectivity index (χ0) is 11.4. The van der Waals surface area contributed by atoms with Crippen LogP contribution in [0.15, 0.2) is 54.7 Å². The Balaban J connectivity index is 2.49. The van der Waals surface area contributed by atoms with Gasteiger partial charge < -0.3 is 5.11 Å². The highest BCUT2D eigenvalue weighted by molar-refractivity contribution is 5.31. The van der Waals surface area contributed by atoms with Crippen molar-refractivity contribution in [3.05, 3.63) is 66.0 Å². The summed E-state index contributed by atoms with van der Waals surface area (Å²) in [5.41, 5.74) is 0.600. The second-order valence-corrected chi connectivity index (χ2v) is 3.79. The van der Waals surface area contributed by atoms with Crippen LogP contribution in [0.1, 0.15) is 24.6 Å². The molecule has 0 aliphatic heterocycles. The Labute approximate surface area is 95.6 Å². The summed E-state index contributed by atoms with van der Waals surface area (Å²) in [7, 11) is 0. The van der Waals surface area contributed by atoms with Gasteiger partial charge in [-0.2, -0.15) is 0 Å². The standard InChI is InChI=1S/C14H15NO/c1-2-14(16,12-8-4-3-5-9-12)13-10-6-7-11-15-13/h3-11,16H,2H2,1H3/t14-/m0/s1. The SMILES string of the molecule is CC[C@](O)(c1ccccc1)c1ccccn1. The van der Waals surface area contributed by atoms with Gasteiger partial charge in [-0.25, -0.2) is 0 Å². The summed E-state index contributed by atoms with van der Waals surface area (Å²) in [5, 5.41) is 10.7. The first-order chi connectivity index (χ1) is 7.77. The van der Waals surface area contributed by atoms with Crippen molar-refractivity contribution in [3.8, 4) is 0 Å². The van der Waals surface area contributed by atoms with Gasteiger partial charge in [-0.15, -0.1) is 0 Å². The molecular formula is C14H15NO. The summed E-state index contributed by atoms with van der Waals surface area (Å²) >= 11 is 0. The molecule has 0 fully saturated rings. The van der Waals surface area contributed by atoms with Gasteiger partial charge in [-0.1, -0.05) is 43.3 Å². The van der Waals surface area contributed by atoms with Gasteiger partial charge in [0.05, 0.1) is 5.69 Å². The van der Waals surface area contributed by atoms with Crippen LogP contribution in [0.5, 0.6) is 0 Å². The minimum absolute atomic E-state index is 0.605. The molecule has 82 valence electrons. The van der Waals surface area contributed by atoms with E-state index in [2.05, 4.69) is 4.98 Å². The molecule has 16 heavy (non-hydrogen) atoms. The molecule has 0 saturated carbocycles. The average Bonchev–Trinajstić information content (AvgIpc) is 2.40. The number of pyridine rings is 1. The van der Waals surface area contributed by atoms with Crippen LogP contribution in [0.25, 0.3) is 0 Å². The summed E-state index contributed by atoms with van der Waals surface area (Å²) in [6, 6.07) is 15.3. The van der Waals surface area contributed by atoms with Crippen molar-refractivity contribution < 1.29 is 5.11 Å². The summed E-state index contributed by atoms with van der Waals surface area (Å²) in [6.45, 7) is 1.96. The van der Waals surface area contributed by atoms with Crippen molar-refractivity contribution in [2.24, 2.45) is 0 Å². The van der Waals surface area contributed by atoms with Crippen LogP contribution in [0.2, 0.25) is 0 Å². The molecule has 0 radical (unpaired) electrons. The molecule has 2 aromatic rings. The highest BCUT2D eigenvalue weighted by Gasteiger charge is 2.30. The van der Waals surface area contributed by atoms with E-state index in [9.17, 15) is 5.11 Å². The van der Waals surface area contributed by atoms with Gasteiger partial charge in [-0.3, -0.25) is 4.98 Å². The van der Waals surface area contributed by atoms with Crippen LogP contribution in [-0.4, -0.2) is 10.1 Å². The lowest BCUT2D eigenvalue weighted by atomic mass is 9.87. The van der Waals surface area contributed by atoms with Gasteiger partial charge in [0.25, 0.3) is 0 Å². The molecule has 1 atom stereocenters. The fourth-order valence-electron chi connectivity index (χ4n) is 1.85. The first-order valence-electron chi connectivity index (χ1n) is 5.47. The highest BCUT2D eigenvalue weighted by atomic mass is 16.3. The molecule has 0 aliphatic carbocycles. The number of hydrogen-bond donors (Lipinski definition) is 1. The van der Waals surface area contributed by atoms with Crippen LogP contribution in [0.3, 0.4) is 0 Å². The third-order valence-corrected chi connectivity index (χ3v) is 2.85. The quantitative estimate of drug-likeness (QED) is 0.850. The minimum atomic E-state index is -0.984. The van der Waals surface area contributed by atoms with Gasteiger partial charge in [0.1, 0.15) is 5.60 Å². The maximum atomic E-state index is 10.7. The third-order valence-electron chi connectivity index (χ3n) is 2.85.